The Kier molecular flexibility index (Phi) is 5.64. The van der Waals surface area contributed by atoms with E-state index in [1.54, 1.807) is 6.20 Å². The molecule has 0 saturated heterocycles. The third-order valence-electron chi connectivity index (χ3n) is 5.78. The summed E-state index contributed by atoms with van der Waals surface area (Å²) >= 11 is 0. The Morgan fingerprint density at radius 1 is 0.818 bits per heavy atom. The predicted octanol–water partition coefficient (Wildman–Crippen LogP) is 5.78. The quantitative estimate of drug-likeness (QED) is 0.398. The summed E-state index contributed by atoms with van der Waals surface area (Å²) in [4.78, 5) is 16.0. The maximum Gasteiger partial charge on any atom is 0.416 e. The Bertz CT molecular complexity index is 1240. The van der Waals surface area contributed by atoms with Crippen LogP contribution in [0, 0.1) is 0 Å². The molecule has 0 unspecified atom stereocenters. The average molecular weight is 446 g/mol. The molecule has 2 aromatic heterocycles. The van der Waals surface area contributed by atoms with E-state index in [9.17, 15) is 13.2 Å². The molecule has 1 aliphatic heterocycles. The van der Waals surface area contributed by atoms with Crippen LogP contribution in [0.25, 0.3) is 22.6 Å². The van der Waals surface area contributed by atoms with E-state index in [1.165, 1.54) is 12.1 Å². The van der Waals surface area contributed by atoms with Gasteiger partial charge in [0.25, 0.3) is 0 Å². The highest BCUT2D eigenvalue weighted by Crippen LogP contribution is 2.30. The van der Waals surface area contributed by atoms with Crippen LogP contribution in [0.4, 0.5) is 13.2 Å². The maximum atomic E-state index is 12.8. The zero-order valence-electron chi connectivity index (χ0n) is 17.8. The Hall–Kier alpha value is -3.58. The smallest absolute Gasteiger partial charge is 0.294 e. The second-order valence-electron chi connectivity index (χ2n) is 8.12. The lowest BCUT2D eigenvalue weighted by atomic mass is 10.1. The van der Waals surface area contributed by atoms with Gasteiger partial charge >= 0.3 is 6.18 Å². The SMILES string of the molecule is FC(F)(F)c1ccc(-c2ncc3c(n2)CCN(Cc2ccc(-c4ccccc4)nc2)C3)cc1. The van der Waals surface area contributed by atoms with Crippen molar-refractivity contribution in [2.24, 2.45) is 0 Å². The molecule has 0 atom stereocenters. The van der Waals surface area contributed by atoms with Crippen LogP contribution in [0.3, 0.4) is 0 Å². The highest BCUT2D eigenvalue weighted by Gasteiger charge is 2.30. The molecule has 0 radical (unpaired) electrons. The number of fused-ring (bicyclic) bond motifs is 1. The van der Waals surface area contributed by atoms with E-state index in [2.05, 4.69) is 25.9 Å². The fourth-order valence-corrected chi connectivity index (χ4v) is 4.01. The van der Waals surface area contributed by atoms with Crippen LogP contribution in [0.15, 0.2) is 79.1 Å². The fraction of sp³-hybridized carbons (Fsp3) is 0.192. The molecule has 0 saturated carbocycles. The fourth-order valence-electron chi connectivity index (χ4n) is 4.01. The number of nitrogens with zero attached hydrogens (tertiary/aromatic N) is 4. The summed E-state index contributed by atoms with van der Waals surface area (Å²) in [6.07, 6.45) is 0.122. The molecular formula is C26H21F3N4. The summed E-state index contributed by atoms with van der Waals surface area (Å²) in [6.45, 7) is 2.35. The van der Waals surface area contributed by atoms with Crippen LogP contribution in [-0.2, 0) is 25.7 Å². The standard InChI is InChI=1S/C26H21F3N4/c27-26(28,29)22-9-7-20(8-10-22)25-31-15-21-17-33(13-12-24(21)32-25)16-18-6-11-23(30-14-18)19-4-2-1-3-5-19/h1-11,14-15H,12-13,16-17H2. The van der Waals surface area contributed by atoms with Crippen molar-refractivity contribution in [3.63, 3.8) is 0 Å². The van der Waals surface area contributed by atoms with Gasteiger partial charge in [0.15, 0.2) is 5.82 Å². The molecule has 0 aliphatic carbocycles. The first-order valence-electron chi connectivity index (χ1n) is 10.7. The van der Waals surface area contributed by atoms with Crippen molar-refractivity contribution in [2.75, 3.05) is 6.54 Å². The van der Waals surface area contributed by atoms with Crippen molar-refractivity contribution in [1.29, 1.82) is 0 Å². The lowest BCUT2D eigenvalue weighted by Crippen LogP contribution is -2.31. The van der Waals surface area contributed by atoms with Gasteiger partial charge in [0.1, 0.15) is 0 Å². The van der Waals surface area contributed by atoms with Gasteiger partial charge in [-0.3, -0.25) is 9.88 Å². The van der Waals surface area contributed by atoms with Crippen molar-refractivity contribution >= 4 is 0 Å². The molecule has 5 rings (SSSR count). The van der Waals surface area contributed by atoms with Gasteiger partial charge in [-0.2, -0.15) is 13.2 Å². The third-order valence-corrected chi connectivity index (χ3v) is 5.78. The lowest BCUT2D eigenvalue weighted by Gasteiger charge is -2.28. The number of alkyl halides is 3. The number of hydrogen-bond donors (Lipinski definition) is 0. The van der Waals surface area contributed by atoms with Crippen LogP contribution >= 0.6 is 0 Å². The summed E-state index contributed by atoms with van der Waals surface area (Å²) < 4.78 is 38.4. The van der Waals surface area contributed by atoms with Gasteiger partial charge in [-0.15, -0.1) is 0 Å². The highest BCUT2D eigenvalue weighted by atomic mass is 19.4. The van der Waals surface area contributed by atoms with Gasteiger partial charge in [0.2, 0.25) is 0 Å². The maximum absolute atomic E-state index is 12.8. The summed E-state index contributed by atoms with van der Waals surface area (Å²) in [6, 6.07) is 19.2. The minimum Gasteiger partial charge on any atom is -0.294 e. The number of benzene rings is 2. The second kappa shape index (κ2) is 8.75. The summed E-state index contributed by atoms with van der Waals surface area (Å²) in [5.74, 6) is 0.455. The van der Waals surface area contributed by atoms with E-state index >= 15 is 0 Å². The molecule has 3 heterocycles. The van der Waals surface area contributed by atoms with Gasteiger partial charge in [-0.25, -0.2) is 9.97 Å². The van der Waals surface area contributed by atoms with Gasteiger partial charge in [0.05, 0.1) is 17.0 Å². The monoisotopic (exact) mass is 446 g/mol. The Labute approximate surface area is 189 Å². The minimum absolute atomic E-state index is 0.455. The van der Waals surface area contributed by atoms with Gasteiger partial charge in [-0.05, 0) is 23.8 Å². The van der Waals surface area contributed by atoms with Gasteiger partial charge in [-0.1, -0.05) is 48.5 Å². The van der Waals surface area contributed by atoms with Crippen molar-refractivity contribution in [1.82, 2.24) is 19.9 Å². The number of aromatic nitrogens is 3. The first-order valence-corrected chi connectivity index (χ1v) is 10.7. The average Bonchev–Trinajstić information content (AvgIpc) is 2.84. The molecule has 7 heteroatoms. The summed E-state index contributed by atoms with van der Waals surface area (Å²) in [7, 11) is 0. The largest absolute Gasteiger partial charge is 0.416 e. The number of hydrogen-bond acceptors (Lipinski definition) is 4. The molecule has 4 nitrogen and oxygen atoms in total. The molecule has 0 spiro atoms. The molecule has 0 bridgehead atoms. The predicted molar refractivity (Wildman–Crippen MR) is 120 cm³/mol. The first kappa shape index (κ1) is 21.3. The van der Waals surface area contributed by atoms with E-state index in [4.69, 9.17) is 0 Å². The van der Waals surface area contributed by atoms with Gasteiger partial charge in [0, 0.05) is 55.1 Å². The second-order valence-corrected chi connectivity index (χ2v) is 8.12. The lowest BCUT2D eigenvalue weighted by molar-refractivity contribution is -0.137. The van der Waals surface area contributed by atoms with E-state index in [0.29, 0.717) is 11.4 Å². The van der Waals surface area contributed by atoms with Crippen LogP contribution in [0.2, 0.25) is 0 Å². The van der Waals surface area contributed by atoms with Crippen molar-refractivity contribution in [3.05, 3.63) is 102 Å². The van der Waals surface area contributed by atoms with Crippen molar-refractivity contribution in [2.45, 2.75) is 25.7 Å². The molecule has 2 aromatic carbocycles. The van der Waals surface area contributed by atoms with Crippen LogP contribution in [0.5, 0.6) is 0 Å². The Morgan fingerprint density at radius 2 is 1.61 bits per heavy atom. The normalized spacial score (nSPS) is 14.2. The minimum atomic E-state index is -4.35. The van der Waals surface area contributed by atoms with Crippen LogP contribution in [0.1, 0.15) is 22.4 Å². The first-order chi connectivity index (χ1) is 16.0. The summed E-state index contributed by atoms with van der Waals surface area (Å²) in [5, 5.41) is 0. The summed E-state index contributed by atoms with van der Waals surface area (Å²) in [5.41, 5.74) is 5.09. The van der Waals surface area contributed by atoms with Crippen molar-refractivity contribution < 1.29 is 13.2 Å². The van der Waals surface area contributed by atoms with E-state index in [0.717, 1.165) is 66.3 Å². The zero-order chi connectivity index (χ0) is 22.8. The number of halogens is 3. The number of rotatable bonds is 4. The van der Waals surface area contributed by atoms with E-state index in [-0.39, 0.29) is 0 Å². The Balaban J connectivity index is 1.26. The number of pyridine rings is 1. The molecule has 0 N–H and O–H groups in total. The van der Waals surface area contributed by atoms with E-state index < -0.39 is 11.7 Å². The van der Waals surface area contributed by atoms with E-state index in [1.807, 2.05) is 42.6 Å². The zero-order valence-corrected chi connectivity index (χ0v) is 17.8. The molecule has 0 fully saturated rings. The Morgan fingerprint density at radius 3 is 2.30 bits per heavy atom. The van der Waals surface area contributed by atoms with Crippen molar-refractivity contribution in [3.8, 4) is 22.6 Å². The molecule has 0 amide bonds. The van der Waals surface area contributed by atoms with Crippen LogP contribution < -0.4 is 0 Å². The third kappa shape index (κ3) is 4.78. The topological polar surface area (TPSA) is 41.9 Å². The molecule has 1 aliphatic rings. The highest BCUT2D eigenvalue weighted by molar-refractivity contribution is 5.58. The van der Waals surface area contributed by atoms with Gasteiger partial charge < -0.3 is 0 Å². The molecule has 166 valence electrons. The molecular weight excluding hydrogens is 425 g/mol. The van der Waals surface area contributed by atoms with Crippen LogP contribution in [-0.4, -0.2) is 26.4 Å². The molecule has 4 aromatic rings. The molecule has 33 heavy (non-hydrogen) atoms.